The van der Waals surface area contributed by atoms with E-state index in [1.807, 2.05) is 24.3 Å². The average molecular weight is 396 g/mol. The van der Waals surface area contributed by atoms with Crippen molar-refractivity contribution < 1.29 is 9.18 Å². The number of nitrogens with zero attached hydrogens (tertiary/aromatic N) is 3. The minimum absolute atomic E-state index is 0.0255. The molecule has 0 bridgehead atoms. The molecular formula is C15H9BrClFN4O. The fraction of sp³-hybridized carbons (Fsp3) is 0. The standard InChI is InChI=1S/C15H9BrClFN4O/c16-9-1-4-11(5-2-9)22-8-14(20-21-22)15(23)19-13-6-3-10(17)7-12(13)18/h1-8H,(H,19,23). The van der Waals surface area contributed by atoms with E-state index < -0.39 is 11.7 Å². The van der Waals surface area contributed by atoms with Crippen LogP contribution in [-0.2, 0) is 0 Å². The summed E-state index contributed by atoms with van der Waals surface area (Å²) in [4.78, 5) is 12.1. The van der Waals surface area contributed by atoms with Crippen molar-refractivity contribution in [3.8, 4) is 5.69 Å². The molecular weight excluding hydrogens is 387 g/mol. The van der Waals surface area contributed by atoms with Crippen LogP contribution in [0.2, 0.25) is 5.02 Å². The van der Waals surface area contributed by atoms with Gasteiger partial charge in [-0.15, -0.1) is 5.10 Å². The topological polar surface area (TPSA) is 59.8 Å². The third-order valence-electron chi connectivity index (χ3n) is 3.00. The lowest BCUT2D eigenvalue weighted by Crippen LogP contribution is -2.13. The van der Waals surface area contributed by atoms with Crippen molar-refractivity contribution in [3.63, 3.8) is 0 Å². The summed E-state index contributed by atoms with van der Waals surface area (Å²) in [7, 11) is 0. The summed E-state index contributed by atoms with van der Waals surface area (Å²) in [5.41, 5.74) is 0.845. The number of nitrogens with one attached hydrogen (secondary N) is 1. The summed E-state index contributed by atoms with van der Waals surface area (Å²) in [6.45, 7) is 0. The van der Waals surface area contributed by atoms with Crippen LogP contribution >= 0.6 is 27.5 Å². The minimum atomic E-state index is -0.619. The Labute approximate surface area is 144 Å². The molecule has 0 atom stereocenters. The molecule has 0 aliphatic carbocycles. The summed E-state index contributed by atoms with van der Waals surface area (Å²) in [5.74, 6) is -1.18. The predicted molar refractivity (Wildman–Crippen MR) is 88.4 cm³/mol. The highest BCUT2D eigenvalue weighted by atomic mass is 79.9. The first-order chi connectivity index (χ1) is 11.0. The molecule has 0 saturated heterocycles. The fourth-order valence-corrected chi connectivity index (χ4v) is 2.29. The van der Waals surface area contributed by atoms with E-state index in [4.69, 9.17) is 11.6 Å². The van der Waals surface area contributed by atoms with Crippen LogP contribution in [0.3, 0.4) is 0 Å². The second-order valence-corrected chi connectivity index (χ2v) is 5.96. The Kier molecular flexibility index (Phi) is 4.40. The van der Waals surface area contributed by atoms with Crippen molar-refractivity contribution in [2.75, 3.05) is 5.32 Å². The number of hydrogen-bond acceptors (Lipinski definition) is 3. The predicted octanol–water partition coefficient (Wildman–Crippen LogP) is 4.07. The summed E-state index contributed by atoms with van der Waals surface area (Å²) >= 11 is 9.01. The van der Waals surface area contributed by atoms with E-state index in [9.17, 15) is 9.18 Å². The highest BCUT2D eigenvalue weighted by Crippen LogP contribution is 2.19. The van der Waals surface area contributed by atoms with Gasteiger partial charge in [-0.25, -0.2) is 9.07 Å². The van der Waals surface area contributed by atoms with Crippen molar-refractivity contribution in [1.82, 2.24) is 15.0 Å². The number of hydrogen-bond donors (Lipinski definition) is 1. The Bertz CT molecular complexity index is 866. The molecule has 0 saturated carbocycles. The summed E-state index contributed by atoms with van der Waals surface area (Å²) in [6.07, 6.45) is 1.46. The van der Waals surface area contributed by atoms with E-state index in [2.05, 4.69) is 31.6 Å². The van der Waals surface area contributed by atoms with Crippen molar-refractivity contribution in [2.45, 2.75) is 0 Å². The molecule has 0 unspecified atom stereocenters. The third kappa shape index (κ3) is 3.57. The molecule has 1 heterocycles. The number of anilines is 1. The molecule has 3 aromatic rings. The summed E-state index contributed by atoms with van der Waals surface area (Å²) in [6, 6.07) is 11.3. The Morgan fingerprint density at radius 1 is 1.22 bits per heavy atom. The van der Waals surface area contributed by atoms with Crippen LogP contribution in [0.4, 0.5) is 10.1 Å². The monoisotopic (exact) mass is 394 g/mol. The van der Waals surface area contributed by atoms with Gasteiger partial charge in [0.2, 0.25) is 0 Å². The summed E-state index contributed by atoms with van der Waals surface area (Å²) in [5, 5.41) is 10.4. The lowest BCUT2D eigenvalue weighted by atomic mass is 10.3. The van der Waals surface area contributed by atoms with Gasteiger partial charge in [0, 0.05) is 9.50 Å². The minimum Gasteiger partial charge on any atom is -0.318 e. The molecule has 5 nitrogen and oxygen atoms in total. The van der Waals surface area contributed by atoms with Crippen LogP contribution in [-0.4, -0.2) is 20.9 Å². The molecule has 23 heavy (non-hydrogen) atoms. The number of halogens is 3. The van der Waals surface area contributed by atoms with Gasteiger partial charge in [-0.05, 0) is 42.5 Å². The largest absolute Gasteiger partial charge is 0.318 e. The van der Waals surface area contributed by atoms with Gasteiger partial charge in [0.1, 0.15) is 5.82 Å². The Balaban J connectivity index is 1.79. The first kappa shape index (κ1) is 15.6. The van der Waals surface area contributed by atoms with Crippen LogP contribution in [0, 0.1) is 5.82 Å². The van der Waals surface area contributed by atoms with Gasteiger partial charge in [0.05, 0.1) is 17.6 Å². The number of aromatic nitrogens is 3. The van der Waals surface area contributed by atoms with E-state index in [-0.39, 0.29) is 16.4 Å². The van der Waals surface area contributed by atoms with Crippen LogP contribution in [0.25, 0.3) is 5.69 Å². The van der Waals surface area contributed by atoms with Gasteiger partial charge in [-0.1, -0.05) is 32.7 Å². The Hall–Kier alpha value is -2.25. The molecule has 8 heteroatoms. The molecule has 2 aromatic carbocycles. The normalized spacial score (nSPS) is 10.6. The second kappa shape index (κ2) is 6.47. The van der Waals surface area contributed by atoms with E-state index in [0.717, 1.165) is 16.2 Å². The van der Waals surface area contributed by atoms with Crippen molar-refractivity contribution >= 4 is 39.1 Å². The highest BCUT2D eigenvalue weighted by molar-refractivity contribution is 9.10. The third-order valence-corrected chi connectivity index (χ3v) is 3.76. The maximum absolute atomic E-state index is 13.7. The van der Waals surface area contributed by atoms with Gasteiger partial charge in [-0.3, -0.25) is 4.79 Å². The first-order valence-electron chi connectivity index (χ1n) is 6.47. The molecule has 1 aromatic heterocycles. The van der Waals surface area contributed by atoms with Crippen LogP contribution in [0.1, 0.15) is 10.5 Å². The smallest absolute Gasteiger partial charge is 0.277 e. The molecule has 0 aliphatic rings. The van der Waals surface area contributed by atoms with Gasteiger partial charge in [0.25, 0.3) is 5.91 Å². The van der Waals surface area contributed by atoms with Gasteiger partial charge >= 0.3 is 0 Å². The Morgan fingerprint density at radius 3 is 2.65 bits per heavy atom. The molecule has 0 fully saturated rings. The maximum atomic E-state index is 13.7. The van der Waals surface area contributed by atoms with Crippen LogP contribution in [0.5, 0.6) is 0 Å². The zero-order chi connectivity index (χ0) is 16.4. The van der Waals surface area contributed by atoms with Crippen molar-refractivity contribution in [3.05, 3.63) is 69.7 Å². The van der Waals surface area contributed by atoms with Crippen molar-refractivity contribution in [1.29, 1.82) is 0 Å². The quantitative estimate of drug-likeness (QED) is 0.727. The van der Waals surface area contributed by atoms with E-state index in [0.29, 0.717) is 0 Å². The average Bonchev–Trinajstić information content (AvgIpc) is 3.01. The van der Waals surface area contributed by atoms with E-state index in [1.165, 1.54) is 23.0 Å². The zero-order valence-corrected chi connectivity index (χ0v) is 13.8. The molecule has 1 N–H and O–H groups in total. The molecule has 0 aliphatic heterocycles. The van der Waals surface area contributed by atoms with Gasteiger partial charge in [0.15, 0.2) is 5.69 Å². The van der Waals surface area contributed by atoms with E-state index in [1.54, 1.807) is 0 Å². The Morgan fingerprint density at radius 2 is 1.96 bits per heavy atom. The van der Waals surface area contributed by atoms with Gasteiger partial charge < -0.3 is 5.32 Å². The van der Waals surface area contributed by atoms with E-state index >= 15 is 0 Å². The number of benzene rings is 2. The lowest BCUT2D eigenvalue weighted by molar-refractivity contribution is 0.102. The zero-order valence-electron chi connectivity index (χ0n) is 11.5. The number of carbonyl (C=O) groups excluding carboxylic acids is 1. The number of amides is 1. The molecule has 3 rings (SSSR count). The fourth-order valence-electron chi connectivity index (χ4n) is 1.87. The van der Waals surface area contributed by atoms with Gasteiger partial charge in [-0.2, -0.15) is 0 Å². The molecule has 116 valence electrons. The van der Waals surface area contributed by atoms with Crippen molar-refractivity contribution in [2.24, 2.45) is 0 Å². The second-order valence-electron chi connectivity index (χ2n) is 4.60. The van der Waals surface area contributed by atoms with Crippen LogP contribution < -0.4 is 5.32 Å². The molecule has 0 radical (unpaired) electrons. The molecule has 0 spiro atoms. The summed E-state index contributed by atoms with van der Waals surface area (Å²) < 4.78 is 16.1. The SMILES string of the molecule is O=C(Nc1ccc(Cl)cc1F)c1cn(-c2ccc(Br)cc2)nn1. The number of rotatable bonds is 3. The first-order valence-corrected chi connectivity index (χ1v) is 7.65. The lowest BCUT2D eigenvalue weighted by Gasteiger charge is -2.04. The maximum Gasteiger partial charge on any atom is 0.277 e. The molecule has 1 amide bonds. The number of carbonyl (C=O) groups is 1. The van der Waals surface area contributed by atoms with Crippen LogP contribution in [0.15, 0.2) is 53.1 Å². The highest BCUT2D eigenvalue weighted by Gasteiger charge is 2.14.